The van der Waals surface area contributed by atoms with E-state index in [1.807, 2.05) is 11.4 Å². The Balaban J connectivity index is 2.72. The molecule has 0 aliphatic rings. The molecule has 1 heterocycles. The lowest BCUT2D eigenvalue weighted by Gasteiger charge is -2.07. The summed E-state index contributed by atoms with van der Waals surface area (Å²) in [7, 11) is 0. The molecule has 0 atom stereocenters. The lowest BCUT2D eigenvalue weighted by molar-refractivity contribution is 0.0693. The summed E-state index contributed by atoms with van der Waals surface area (Å²) < 4.78 is 0. The Morgan fingerprint density at radius 3 is 2.47 bits per heavy atom. The molecule has 1 amide bonds. The number of carbonyl (C=O) groups is 2. The van der Waals surface area contributed by atoms with Crippen LogP contribution in [0.2, 0.25) is 0 Å². The molecule has 1 aromatic carbocycles. The highest BCUT2D eigenvalue weighted by Gasteiger charge is 2.19. The summed E-state index contributed by atoms with van der Waals surface area (Å²) in [6.45, 7) is 0. The van der Waals surface area contributed by atoms with Crippen LogP contribution in [0.15, 0.2) is 35.7 Å². The number of nitrogens with two attached hydrogens (primary N) is 1. The smallest absolute Gasteiger partial charge is 0.337 e. The molecular formula is C12H9NO3S. The fraction of sp³-hybridized carbons (Fsp3) is 0. The third-order valence-electron chi connectivity index (χ3n) is 2.33. The number of rotatable bonds is 3. The number of thiophene rings is 1. The monoisotopic (exact) mass is 247 g/mol. The summed E-state index contributed by atoms with van der Waals surface area (Å²) in [5, 5.41) is 11.0. The van der Waals surface area contributed by atoms with Gasteiger partial charge in [-0.15, -0.1) is 11.3 Å². The summed E-state index contributed by atoms with van der Waals surface area (Å²) in [5.74, 6) is -1.89. The van der Waals surface area contributed by atoms with Gasteiger partial charge in [-0.25, -0.2) is 4.79 Å². The number of benzene rings is 1. The molecule has 3 N–H and O–H groups in total. The largest absolute Gasteiger partial charge is 0.478 e. The molecule has 5 heteroatoms. The molecular weight excluding hydrogens is 238 g/mol. The molecule has 0 bridgehead atoms. The molecule has 0 aliphatic heterocycles. The van der Waals surface area contributed by atoms with Gasteiger partial charge in [0.25, 0.3) is 0 Å². The van der Waals surface area contributed by atoms with Gasteiger partial charge in [0.05, 0.1) is 11.1 Å². The van der Waals surface area contributed by atoms with Gasteiger partial charge in [0.2, 0.25) is 5.91 Å². The Morgan fingerprint density at radius 1 is 1.18 bits per heavy atom. The third-order valence-corrected chi connectivity index (χ3v) is 3.23. The van der Waals surface area contributed by atoms with E-state index in [4.69, 9.17) is 5.73 Å². The van der Waals surface area contributed by atoms with Crippen LogP contribution in [0.1, 0.15) is 20.7 Å². The second-order valence-electron chi connectivity index (χ2n) is 3.37. The molecule has 2 aromatic rings. The fourth-order valence-corrected chi connectivity index (χ4v) is 2.38. The van der Waals surface area contributed by atoms with Crippen molar-refractivity contribution in [3.05, 3.63) is 46.8 Å². The summed E-state index contributed by atoms with van der Waals surface area (Å²) in [6.07, 6.45) is 0. The highest BCUT2D eigenvalue weighted by Crippen LogP contribution is 2.29. The number of amides is 1. The maximum absolute atomic E-state index is 11.2. The molecule has 0 spiro atoms. The van der Waals surface area contributed by atoms with Gasteiger partial charge in [0.15, 0.2) is 0 Å². The zero-order valence-electron chi connectivity index (χ0n) is 8.71. The average Bonchev–Trinajstić information content (AvgIpc) is 2.81. The van der Waals surface area contributed by atoms with E-state index in [2.05, 4.69) is 0 Å². The summed E-state index contributed by atoms with van der Waals surface area (Å²) in [5.41, 5.74) is 5.68. The normalized spacial score (nSPS) is 10.1. The van der Waals surface area contributed by atoms with E-state index < -0.39 is 11.9 Å². The van der Waals surface area contributed by atoms with Gasteiger partial charge in [-0.3, -0.25) is 4.79 Å². The molecule has 0 saturated carbocycles. The number of carboxylic acids is 1. The maximum Gasteiger partial charge on any atom is 0.337 e. The summed E-state index contributed by atoms with van der Waals surface area (Å²) in [6, 6.07) is 8.34. The van der Waals surface area contributed by atoms with E-state index >= 15 is 0 Å². The molecule has 86 valence electrons. The Kier molecular flexibility index (Phi) is 2.93. The molecule has 1 aromatic heterocycles. The van der Waals surface area contributed by atoms with Crippen molar-refractivity contribution in [2.45, 2.75) is 0 Å². The van der Waals surface area contributed by atoms with Crippen molar-refractivity contribution < 1.29 is 14.7 Å². The van der Waals surface area contributed by atoms with Crippen molar-refractivity contribution in [2.75, 3.05) is 0 Å². The number of carbonyl (C=O) groups excluding carboxylic acids is 1. The zero-order valence-corrected chi connectivity index (χ0v) is 9.53. The molecule has 0 aliphatic carbocycles. The Hall–Kier alpha value is -2.14. The first-order valence-electron chi connectivity index (χ1n) is 4.81. The standard InChI is InChI=1S/C12H9NO3S/c13-11(14)8-4-1-3-7(10(8)12(15)16)9-5-2-6-17-9/h1-6H,(H2,13,14)(H,15,16). The van der Waals surface area contributed by atoms with E-state index in [-0.39, 0.29) is 11.1 Å². The SMILES string of the molecule is NC(=O)c1cccc(-c2cccs2)c1C(=O)O. The summed E-state index contributed by atoms with van der Waals surface area (Å²) in [4.78, 5) is 23.2. The van der Waals surface area contributed by atoms with Crippen LogP contribution < -0.4 is 5.73 Å². The number of hydrogen-bond donors (Lipinski definition) is 2. The van der Waals surface area contributed by atoms with Crippen LogP contribution in [0.3, 0.4) is 0 Å². The molecule has 0 unspecified atom stereocenters. The number of carboxylic acid groups (broad SMARTS) is 1. The van der Waals surface area contributed by atoms with Gasteiger partial charge in [-0.05, 0) is 17.5 Å². The van der Waals surface area contributed by atoms with Crippen molar-refractivity contribution >= 4 is 23.2 Å². The second kappa shape index (κ2) is 4.39. The number of aromatic carboxylic acids is 1. The minimum Gasteiger partial charge on any atom is -0.478 e. The molecule has 0 radical (unpaired) electrons. The molecule has 0 fully saturated rings. The fourth-order valence-electron chi connectivity index (χ4n) is 1.63. The van der Waals surface area contributed by atoms with Crippen LogP contribution in [-0.4, -0.2) is 17.0 Å². The van der Waals surface area contributed by atoms with Crippen molar-refractivity contribution in [2.24, 2.45) is 5.73 Å². The molecule has 4 nitrogen and oxygen atoms in total. The van der Waals surface area contributed by atoms with Gasteiger partial charge < -0.3 is 10.8 Å². The van der Waals surface area contributed by atoms with E-state index in [1.54, 1.807) is 18.2 Å². The maximum atomic E-state index is 11.2. The topological polar surface area (TPSA) is 80.4 Å². The first-order chi connectivity index (χ1) is 8.11. The molecule has 2 rings (SSSR count). The quantitative estimate of drug-likeness (QED) is 0.872. The van der Waals surface area contributed by atoms with Gasteiger partial charge in [-0.1, -0.05) is 18.2 Å². The van der Waals surface area contributed by atoms with Crippen molar-refractivity contribution in [1.82, 2.24) is 0 Å². The second-order valence-corrected chi connectivity index (χ2v) is 4.32. The van der Waals surface area contributed by atoms with Crippen LogP contribution in [0.4, 0.5) is 0 Å². The van der Waals surface area contributed by atoms with Gasteiger partial charge >= 0.3 is 5.97 Å². The van der Waals surface area contributed by atoms with E-state index in [1.165, 1.54) is 17.4 Å². The number of primary amides is 1. The average molecular weight is 247 g/mol. The highest BCUT2D eigenvalue weighted by molar-refractivity contribution is 7.13. The zero-order chi connectivity index (χ0) is 12.4. The predicted molar refractivity (Wildman–Crippen MR) is 65.2 cm³/mol. The lowest BCUT2D eigenvalue weighted by atomic mass is 9.99. The summed E-state index contributed by atoms with van der Waals surface area (Å²) >= 11 is 1.41. The molecule has 17 heavy (non-hydrogen) atoms. The third kappa shape index (κ3) is 2.05. The highest BCUT2D eigenvalue weighted by atomic mass is 32.1. The minimum absolute atomic E-state index is 0.0309. The van der Waals surface area contributed by atoms with Crippen molar-refractivity contribution in [3.63, 3.8) is 0 Å². The van der Waals surface area contributed by atoms with Crippen LogP contribution in [0, 0.1) is 0 Å². The van der Waals surface area contributed by atoms with Gasteiger partial charge in [0.1, 0.15) is 0 Å². The molecule has 0 saturated heterocycles. The minimum atomic E-state index is -1.15. The van der Waals surface area contributed by atoms with Crippen LogP contribution in [0.5, 0.6) is 0 Å². The Bertz CT molecular complexity index is 575. The first-order valence-corrected chi connectivity index (χ1v) is 5.69. The first kappa shape index (κ1) is 11.3. The van der Waals surface area contributed by atoms with E-state index in [0.717, 1.165) is 4.88 Å². The van der Waals surface area contributed by atoms with Crippen LogP contribution >= 0.6 is 11.3 Å². The predicted octanol–water partition coefficient (Wildman–Crippen LogP) is 2.21. The van der Waals surface area contributed by atoms with Crippen LogP contribution in [0.25, 0.3) is 10.4 Å². The van der Waals surface area contributed by atoms with Crippen molar-refractivity contribution in [1.29, 1.82) is 0 Å². The van der Waals surface area contributed by atoms with Gasteiger partial charge in [-0.2, -0.15) is 0 Å². The lowest BCUT2D eigenvalue weighted by Crippen LogP contribution is -2.16. The van der Waals surface area contributed by atoms with Crippen molar-refractivity contribution in [3.8, 4) is 10.4 Å². The van der Waals surface area contributed by atoms with Crippen LogP contribution in [-0.2, 0) is 0 Å². The Labute approximate surface area is 101 Å². The van der Waals surface area contributed by atoms with E-state index in [0.29, 0.717) is 5.56 Å². The number of hydrogen-bond acceptors (Lipinski definition) is 3. The Morgan fingerprint density at radius 2 is 1.94 bits per heavy atom. The van der Waals surface area contributed by atoms with Gasteiger partial charge in [0, 0.05) is 10.4 Å². The van der Waals surface area contributed by atoms with E-state index in [9.17, 15) is 14.7 Å².